The molecule has 1 saturated heterocycles. The third-order valence-corrected chi connectivity index (χ3v) is 3.54. The maximum Gasteiger partial charge on any atom is 0.243 e. The first-order valence-corrected chi connectivity index (χ1v) is 6.97. The van der Waals surface area contributed by atoms with Crippen molar-refractivity contribution in [1.29, 1.82) is 0 Å². The molecule has 0 bridgehead atoms. The van der Waals surface area contributed by atoms with E-state index >= 15 is 0 Å². The van der Waals surface area contributed by atoms with Gasteiger partial charge in [-0.2, -0.15) is 0 Å². The number of hydrogen-bond acceptors (Lipinski definition) is 3. The Morgan fingerprint density at radius 1 is 1.48 bits per heavy atom. The molecule has 0 radical (unpaired) electrons. The molecule has 0 saturated carbocycles. The molecule has 4 N–H and O–H groups in total. The van der Waals surface area contributed by atoms with Gasteiger partial charge in [0.05, 0.1) is 0 Å². The van der Waals surface area contributed by atoms with Gasteiger partial charge in [0.2, 0.25) is 17.7 Å². The van der Waals surface area contributed by atoms with Crippen molar-refractivity contribution >= 4 is 29.3 Å². The minimum absolute atomic E-state index is 0.166. The van der Waals surface area contributed by atoms with Gasteiger partial charge >= 0.3 is 0 Å². The summed E-state index contributed by atoms with van der Waals surface area (Å²) in [6.07, 6.45) is 0.989. The summed E-state index contributed by atoms with van der Waals surface area (Å²) < 4.78 is 0. The maximum absolute atomic E-state index is 12.0. The van der Waals surface area contributed by atoms with E-state index in [0.29, 0.717) is 17.9 Å². The molecule has 0 aliphatic carbocycles. The number of halogens is 1. The average Bonchev–Trinajstić information content (AvgIpc) is 2.84. The number of amides is 3. The molecule has 2 rings (SSSR count). The summed E-state index contributed by atoms with van der Waals surface area (Å²) in [4.78, 5) is 34.6. The van der Waals surface area contributed by atoms with Gasteiger partial charge in [0.1, 0.15) is 12.1 Å². The normalized spacial score (nSPS) is 18.9. The topological polar surface area (TPSA) is 101 Å². The van der Waals surface area contributed by atoms with Gasteiger partial charge in [-0.05, 0) is 24.1 Å². The zero-order valence-electron chi connectivity index (χ0n) is 11.3. The molecule has 21 heavy (non-hydrogen) atoms. The van der Waals surface area contributed by atoms with Gasteiger partial charge in [-0.3, -0.25) is 14.4 Å². The number of nitrogens with one attached hydrogen (secondary N) is 2. The van der Waals surface area contributed by atoms with Crippen LogP contribution in [0.4, 0.5) is 0 Å². The smallest absolute Gasteiger partial charge is 0.243 e. The predicted molar refractivity (Wildman–Crippen MR) is 77.4 cm³/mol. The van der Waals surface area contributed by atoms with E-state index in [1.807, 2.05) is 0 Å². The van der Waals surface area contributed by atoms with E-state index in [0.717, 1.165) is 5.56 Å². The minimum atomic E-state index is -0.839. The molecule has 0 unspecified atom stereocenters. The van der Waals surface area contributed by atoms with E-state index in [4.69, 9.17) is 17.3 Å². The van der Waals surface area contributed by atoms with Crippen molar-refractivity contribution in [3.05, 3.63) is 34.9 Å². The van der Waals surface area contributed by atoms with E-state index in [2.05, 4.69) is 10.6 Å². The zero-order valence-corrected chi connectivity index (χ0v) is 12.0. The summed E-state index contributed by atoms with van der Waals surface area (Å²) in [7, 11) is 0. The van der Waals surface area contributed by atoms with Crippen LogP contribution in [0.2, 0.25) is 5.02 Å². The highest BCUT2D eigenvalue weighted by Crippen LogP contribution is 2.13. The van der Waals surface area contributed by atoms with Gasteiger partial charge in [-0.1, -0.05) is 23.7 Å². The number of nitrogens with two attached hydrogens (primary N) is 1. The minimum Gasteiger partial charge on any atom is -0.368 e. The highest BCUT2D eigenvalue weighted by Gasteiger charge is 2.29. The van der Waals surface area contributed by atoms with Gasteiger partial charge in [0, 0.05) is 17.9 Å². The van der Waals surface area contributed by atoms with Crippen LogP contribution in [0.25, 0.3) is 0 Å². The van der Waals surface area contributed by atoms with Crippen LogP contribution >= 0.6 is 11.6 Å². The second-order valence-corrected chi connectivity index (χ2v) is 5.39. The lowest BCUT2D eigenvalue weighted by Crippen LogP contribution is -2.51. The quantitative estimate of drug-likeness (QED) is 0.720. The van der Waals surface area contributed by atoms with E-state index in [-0.39, 0.29) is 12.3 Å². The van der Waals surface area contributed by atoms with Crippen molar-refractivity contribution in [3.63, 3.8) is 0 Å². The number of carbonyl (C=O) groups is 3. The molecule has 0 spiro atoms. The predicted octanol–water partition coefficient (Wildman–Crippen LogP) is 0.131. The Kier molecular flexibility index (Phi) is 4.80. The van der Waals surface area contributed by atoms with E-state index in [1.165, 1.54) is 0 Å². The van der Waals surface area contributed by atoms with Crippen LogP contribution in [0.3, 0.4) is 0 Å². The van der Waals surface area contributed by atoms with Crippen molar-refractivity contribution in [1.82, 2.24) is 10.6 Å². The fraction of sp³-hybridized carbons (Fsp3) is 0.357. The van der Waals surface area contributed by atoms with Crippen molar-refractivity contribution in [2.75, 3.05) is 0 Å². The fourth-order valence-electron chi connectivity index (χ4n) is 2.21. The Hall–Kier alpha value is -2.08. The summed E-state index contributed by atoms with van der Waals surface area (Å²) in [6, 6.07) is 5.55. The van der Waals surface area contributed by atoms with Crippen molar-refractivity contribution in [2.45, 2.75) is 31.3 Å². The van der Waals surface area contributed by atoms with Gasteiger partial charge in [0.15, 0.2) is 0 Å². The van der Waals surface area contributed by atoms with Crippen LogP contribution in [0.15, 0.2) is 24.3 Å². The number of hydrogen-bond donors (Lipinski definition) is 3. The standard InChI is InChI=1S/C14H16ClN3O3/c15-9-3-1-2-8(6-9)7-11(13(16)20)18-14(21)10-4-5-12(19)17-10/h1-3,6,10-11H,4-5,7H2,(H2,16,20)(H,17,19)(H,18,21)/t10-,11+/m1/s1. The maximum atomic E-state index is 12.0. The van der Waals surface area contributed by atoms with Crippen molar-refractivity contribution < 1.29 is 14.4 Å². The Morgan fingerprint density at radius 3 is 2.81 bits per heavy atom. The van der Waals surface area contributed by atoms with Crippen LogP contribution in [0, 0.1) is 0 Å². The van der Waals surface area contributed by atoms with Gasteiger partial charge in [-0.15, -0.1) is 0 Å². The van der Waals surface area contributed by atoms with Crippen LogP contribution in [0.5, 0.6) is 0 Å². The van der Waals surface area contributed by atoms with Gasteiger partial charge in [0.25, 0.3) is 0 Å². The molecule has 112 valence electrons. The SMILES string of the molecule is NC(=O)[C@H](Cc1cccc(Cl)c1)NC(=O)[C@H]1CCC(=O)N1. The molecule has 6 nitrogen and oxygen atoms in total. The number of benzene rings is 1. The highest BCUT2D eigenvalue weighted by atomic mass is 35.5. The van der Waals surface area contributed by atoms with Crippen LogP contribution in [-0.2, 0) is 20.8 Å². The monoisotopic (exact) mass is 309 g/mol. The van der Waals surface area contributed by atoms with Crippen molar-refractivity contribution in [3.8, 4) is 0 Å². The third-order valence-electron chi connectivity index (χ3n) is 3.30. The molecule has 0 aromatic heterocycles. The van der Waals surface area contributed by atoms with Gasteiger partial charge in [-0.25, -0.2) is 0 Å². The fourth-order valence-corrected chi connectivity index (χ4v) is 2.42. The number of primary amides is 1. The summed E-state index contributed by atoms with van der Waals surface area (Å²) in [5.74, 6) is -1.19. The number of rotatable bonds is 5. The third kappa shape index (κ3) is 4.19. The molecule has 1 heterocycles. The Morgan fingerprint density at radius 2 is 2.24 bits per heavy atom. The first-order chi connectivity index (χ1) is 9.95. The Bertz CT molecular complexity index is 576. The van der Waals surface area contributed by atoms with Crippen LogP contribution in [-0.4, -0.2) is 29.8 Å². The van der Waals surface area contributed by atoms with Crippen LogP contribution < -0.4 is 16.4 Å². The molecule has 1 aliphatic heterocycles. The second-order valence-electron chi connectivity index (χ2n) is 4.96. The average molecular weight is 310 g/mol. The lowest BCUT2D eigenvalue weighted by Gasteiger charge is -2.18. The molecule has 7 heteroatoms. The second kappa shape index (κ2) is 6.58. The van der Waals surface area contributed by atoms with Gasteiger partial charge < -0.3 is 16.4 Å². The summed E-state index contributed by atoms with van der Waals surface area (Å²) in [6.45, 7) is 0. The van der Waals surface area contributed by atoms with Crippen LogP contribution in [0.1, 0.15) is 18.4 Å². The molecule has 1 aromatic carbocycles. The molecular weight excluding hydrogens is 294 g/mol. The number of carbonyl (C=O) groups excluding carboxylic acids is 3. The molecule has 2 atom stereocenters. The Labute approximate surface area is 127 Å². The van der Waals surface area contributed by atoms with E-state index in [9.17, 15) is 14.4 Å². The Balaban J connectivity index is 2.00. The molecule has 3 amide bonds. The lowest BCUT2D eigenvalue weighted by molar-refractivity contribution is -0.129. The lowest BCUT2D eigenvalue weighted by atomic mass is 10.0. The molecule has 1 aliphatic rings. The molecule has 1 aromatic rings. The summed E-state index contributed by atoms with van der Waals surface area (Å²) >= 11 is 5.88. The zero-order chi connectivity index (χ0) is 15.4. The summed E-state index contributed by atoms with van der Waals surface area (Å²) in [5.41, 5.74) is 6.12. The molecular formula is C14H16ClN3O3. The largest absolute Gasteiger partial charge is 0.368 e. The van der Waals surface area contributed by atoms with E-state index in [1.54, 1.807) is 24.3 Å². The first kappa shape index (κ1) is 15.3. The highest BCUT2D eigenvalue weighted by molar-refractivity contribution is 6.30. The molecule has 1 fully saturated rings. The van der Waals surface area contributed by atoms with E-state index < -0.39 is 23.9 Å². The van der Waals surface area contributed by atoms with Crippen molar-refractivity contribution in [2.24, 2.45) is 5.73 Å². The first-order valence-electron chi connectivity index (χ1n) is 6.59. The summed E-state index contributed by atoms with van der Waals surface area (Å²) in [5, 5.41) is 5.67.